The summed E-state index contributed by atoms with van der Waals surface area (Å²) in [6.45, 7) is 1.71. The fourth-order valence-corrected chi connectivity index (χ4v) is 1.48. The highest BCUT2D eigenvalue weighted by molar-refractivity contribution is 5.83. The SMILES string of the molecule is CC(=C(C#N)C#N)c1cc2ccccc2o1. The van der Waals surface area contributed by atoms with E-state index in [-0.39, 0.29) is 5.57 Å². The topological polar surface area (TPSA) is 60.7 Å². The van der Waals surface area contributed by atoms with Crippen molar-refractivity contribution in [1.82, 2.24) is 0 Å². The Kier molecular flexibility index (Phi) is 2.45. The zero-order valence-electron chi connectivity index (χ0n) is 8.69. The molecular formula is C13H8N2O. The number of furan rings is 1. The molecule has 0 aliphatic carbocycles. The average molecular weight is 208 g/mol. The molecule has 3 heteroatoms. The maximum absolute atomic E-state index is 8.76. The first-order valence-corrected chi connectivity index (χ1v) is 4.76. The molecule has 0 saturated heterocycles. The summed E-state index contributed by atoms with van der Waals surface area (Å²) >= 11 is 0. The standard InChI is InChI=1S/C13H8N2O/c1-9(11(7-14)8-15)13-6-10-4-2-3-5-12(10)16-13/h2-6H,1H3. The zero-order valence-corrected chi connectivity index (χ0v) is 8.69. The summed E-state index contributed by atoms with van der Waals surface area (Å²) in [6, 6.07) is 13.1. The van der Waals surface area contributed by atoms with Gasteiger partial charge in [0.05, 0.1) is 0 Å². The van der Waals surface area contributed by atoms with E-state index in [1.54, 1.807) is 6.92 Å². The van der Waals surface area contributed by atoms with Crippen LogP contribution in [-0.4, -0.2) is 0 Å². The minimum absolute atomic E-state index is 0.0825. The van der Waals surface area contributed by atoms with Crippen LogP contribution in [0.5, 0.6) is 0 Å². The number of hydrogen-bond acceptors (Lipinski definition) is 3. The number of nitrogens with zero attached hydrogens (tertiary/aromatic N) is 2. The number of fused-ring (bicyclic) bond motifs is 1. The van der Waals surface area contributed by atoms with Crippen molar-refractivity contribution in [3.05, 3.63) is 41.7 Å². The summed E-state index contributed by atoms with van der Waals surface area (Å²) in [7, 11) is 0. The van der Waals surface area contributed by atoms with Crippen LogP contribution in [0.1, 0.15) is 12.7 Å². The van der Waals surface area contributed by atoms with Gasteiger partial charge in [-0.2, -0.15) is 10.5 Å². The lowest BCUT2D eigenvalue weighted by molar-refractivity contribution is 0.599. The second kappa shape index (κ2) is 3.92. The predicted octanol–water partition coefficient (Wildman–Crippen LogP) is 3.25. The molecule has 0 aliphatic heterocycles. The quantitative estimate of drug-likeness (QED) is 0.676. The van der Waals surface area contributed by atoms with Gasteiger partial charge in [0, 0.05) is 11.0 Å². The van der Waals surface area contributed by atoms with Crippen LogP contribution in [0.3, 0.4) is 0 Å². The van der Waals surface area contributed by atoms with Gasteiger partial charge in [-0.15, -0.1) is 0 Å². The number of rotatable bonds is 1. The van der Waals surface area contributed by atoms with Gasteiger partial charge in [0.15, 0.2) is 0 Å². The summed E-state index contributed by atoms with van der Waals surface area (Å²) < 4.78 is 5.55. The van der Waals surface area contributed by atoms with Gasteiger partial charge < -0.3 is 4.42 Å². The van der Waals surface area contributed by atoms with Crippen molar-refractivity contribution in [2.45, 2.75) is 6.92 Å². The van der Waals surface area contributed by atoms with Crippen molar-refractivity contribution in [3.8, 4) is 12.1 Å². The molecule has 2 rings (SSSR count). The highest BCUT2D eigenvalue weighted by Gasteiger charge is 2.09. The molecule has 16 heavy (non-hydrogen) atoms. The minimum atomic E-state index is 0.0825. The molecule has 1 aromatic heterocycles. The Labute approximate surface area is 92.8 Å². The molecule has 0 unspecified atom stereocenters. The van der Waals surface area contributed by atoms with E-state index in [0.29, 0.717) is 11.3 Å². The van der Waals surface area contributed by atoms with Crippen molar-refractivity contribution in [3.63, 3.8) is 0 Å². The van der Waals surface area contributed by atoms with E-state index in [0.717, 1.165) is 11.0 Å². The highest BCUT2D eigenvalue weighted by Crippen LogP contribution is 2.25. The van der Waals surface area contributed by atoms with Crippen molar-refractivity contribution < 1.29 is 4.42 Å². The highest BCUT2D eigenvalue weighted by atomic mass is 16.3. The Morgan fingerprint density at radius 3 is 2.50 bits per heavy atom. The van der Waals surface area contributed by atoms with E-state index in [4.69, 9.17) is 14.9 Å². The molecule has 0 atom stereocenters. The van der Waals surface area contributed by atoms with E-state index in [1.807, 2.05) is 42.5 Å². The van der Waals surface area contributed by atoms with Gasteiger partial charge in [0.2, 0.25) is 0 Å². The zero-order chi connectivity index (χ0) is 11.5. The Bertz CT molecular complexity index is 601. The summed E-state index contributed by atoms with van der Waals surface area (Å²) in [5, 5.41) is 18.5. The Hall–Kier alpha value is -2.52. The van der Waals surface area contributed by atoms with Crippen molar-refractivity contribution in [2.75, 3.05) is 0 Å². The molecule has 0 bridgehead atoms. The molecule has 1 heterocycles. The summed E-state index contributed by atoms with van der Waals surface area (Å²) in [6.07, 6.45) is 0. The van der Waals surface area contributed by atoms with Gasteiger partial charge in [0.1, 0.15) is 29.1 Å². The van der Waals surface area contributed by atoms with Crippen LogP contribution in [-0.2, 0) is 0 Å². The van der Waals surface area contributed by atoms with Crippen LogP contribution in [0.15, 0.2) is 40.3 Å². The lowest BCUT2D eigenvalue weighted by Crippen LogP contribution is -1.80. The van der Waals surface area contributed by atoms with E-state index in [1.165, 1.54) is 0 Å². The lowest BCUT2D eigenvalue weighted by Gasteiger charge is -1.93. The van der Waals surface area contributed by atoms with Gasteiger partial charge in [0.25, 0.3) is 0 Å². The third-order valence-corrected chi connectivity index (χ3v) is 2.39. The van der Waals surface area contributed by atoms with Crippen LogP contribution < -0.4 is 0 Å². The van der Waals surface area contributed by atoms with E-state index in [2.05, 4.69) is 0 Å². The second-order valence-corrected chi connectivity index (χ2v) is 3.37. The molecule has 2 aromatic rings. The molecular weight excluding hydrogens is 200 g/mol. The van der Waals surface area contributed by atoms with Gasteiger partial charge in [-0.1, -0.05) is 18.2 Å². The minimum Gasteiger partial charge on any atom is -0.456 e. The molecule has 0 spiro atoms. The van der Waals surface area contributed by atoms with Crippen LogP contribution in [0.4, 0.5) is 0 Å². The van der Waals surface area contributed by atoms with Gasteiger partial charge in [-0.05, 0) is 19.1 Å². The molecule has 0 N–H and O–H groups in total. The molecule has 0 saturated carbocycles. The number of nitriles is 2. The van der Waals surface area contributed by atoms with Crippen molar-refractivity contribution >= 4 is 16.5 Å². The van der Waals surface area contributed by atoms with Crippen LogP contribution in [0.25, 0.3) is 16.5 Å². The molecule has 0 aliphatic rings. The molecule has 76 valence electrons. The Morgan fingerprint density at radius 1 is 1.19 bits per heavy atom. The maximum Gasteiger partial charge on any atom is 0.136 e. The molecule has 1 aromatic carbocycles. The molecule has 0 amide bonds. The number of hydrogen-bond donors (Lipinski definition) is 0. The fraction of sp³-hybridized carbons (Fsp3) is 0.0769. The number of allylic oxidation sites excluding steroid dienone is 2. The molecule has 0 radical (unpaired) electrons. The first-order chi connectivity index (χ1) is 7.76. The summed E-state index contributed by atoms with van der Waals surface area (Å²) in [4.78, 5) is 0. The molecule has 3 nitrogen and oxygen atoms in total. The Balaban J connectivity index is 2.63. The normalized spacial score (nSPS) is 9.44. The molecule has 0 fully saturated rings. The number of benzene rings is 1. The third-order valence-electron chi connectivity index (χ3n) is 2.39. The summed E-state index contributed by atoms with van der Waals surface area (Å²) in [5.41, 5.74) is 1.41. The fourth-order valence-electron chi connectivity index (χ4n) is 1.48. The van der Waals surface area contributed by atoms with Crippen molar-refractivity contribution in [1.29, 1.82) is 10.5 Å². The average Bonchev–Trinajstić information content (AvgIpc) is 2.74. The number of para-hydroxylation sites is 1. The lowest BCUT2D eigenvalue weighted by atomic mass is 10.1. The van der Waals surface area contributed by atoms with E-state index in [9.17, 15) is 0 Å². The van der Waals surface area contributed by atoms with Gasteiger partial charge in [-0.3, -0.25) is 0 Å². The van der Waals surface area contributed by atoms with Gasteiger partial charge >= 0.3 is 0 Å². The largest absolute Gasteiger partial charge is 0.456 e. The van der Waals surface area contributed by atoms with Crippen LogP contribution in [0, 0.1) is 22.7 Å². The predicted molar refractivity (Wildman–Crippen MR) is 60.0 cm³/mol. The first kappa shape index (κ1) is 10.0. The Morgan fingerprint density at radius 2 is 1.88 bits per heavy atom. The van der Waals surface area contributed by atoms with E-state index >= 15 is 0 Å². The monoisotopic (exact) mass is 208 g/mol. The van der Waals surface area contributed by atoms with Crippen LogP contribution in [0.2, 0.25) is 0 Å². The van der Waals surface area contributed by atoms with Crippen molar-refractivity contribution in [2.24, 2.45) is 0 Å². The van der Waals surface area contributed by atoms with E-state index < -0.39 is 0 Å². The van der Waals surface area contributed by atoms with Crippen LogP contribution >= 0.6 is 0 Å². The summed E-state index contributed by atoms with van der Waals surface area (Å²) in [5.74, 6) is 0.569. The first-order valence-electron chi connectivity index (χ1n) is 4.76. The second-order valence-electron chi connectivity index (χ2n) is 3.37. The van der Waals surface area contributed by atoms with Gasteiger partial charge in [-0.25, -0.2) is 0 Å². The smallest absolute Gasteiger partial charge is 0.136 e. The maximum atomic E-state index is 8.76. The third kappa shape index (κ3) is 1.55.